The molecule has 0 spiro atoms. The number of amides is 2. The molecule has 28 heavy (non-hydrogen) atoms. The van der Waals surface area contributed by atoms with Gasteiger partial charge in [0.05, 0.1) is 18.4 Å². The topological polar surface area (TPSA) is 75.7 Å². The Morgan fingerprint density at radius 2 is 1.86 bits per heavy atom. The zero-order valence-electron chi connectivity index (χ0n) is 15.0. The molecule has 0 bridgehead atoms. The van der Waals surface area contributed by atoms with Crippen LogP contribution in [-0.2, 0) is 14.3 Å². The number of esters is 1. The number of carbonyl (C=O) groups is 3. The molecule has 8 heteroatoms. The second-order valence-corrected chi connectivity index (χ2v) is 7.30. The molecule has 0 unspecified atom stereocenters. The average Bonchev–Trinajstić information content (AvgIpc) is 2.66. The first-order valence-corrected chi connectivity index (χ1v) is 9.38. The summed E-state index contributed by atoms with van der Waals surface area (Å²) in [6, 6.07) is 11.8. The summed E-state index contributed by atoms with van der Waals surface area (Å²) in [6.07, 6.45) is 1.46. The number of rotatable bonds is 3. The number of benzene rings is 2. The molecule has 1 N–H and O–H groups in total. The summed E-state index contributed by atoms with van der Waals surface area (Å²) < 4.78 is 5.53. The first kappa shape index (κ1) is 19.9. The molecule has 0 aliphatic carbocycles. The third-order valence-corrected chi connectivity index (χ3v) is 4.92. The van der Waals surface area contributed by atoms with Crippen molar-refractivity contribution in [1.29, 1.82) is 0 Å². The van der Waals surface area contributed by atoms with Crippen molar-refractivity contribution in [1.82, 2.24) is 5.32 Å². The van der Waals surface area contributed by atoms with Crippen LogP contribution in [0.25, 0.3) is 6.08 Å². The summed E-state index contributed by atoms with van der Waals surface area (Å²) in [5.41, 5.74) is 2.32. The van der Waals surface area contributed by atoms with Gasteiger partial charge in [0.2, 0.25) is 0 Å². The molecule has 0 atom stereocenters. The minimum Gasteiger partial charge on any atom is -0.465 e. The van der Waals surface area contributed by atoms with Gasteiger partial charge >= 0.3 is 5.97 Å². The largest absolute Gasteiger partial charge is 0.465 e. The van der Waals surface area contributed by atoms with Crippen molar-refractivity contribution in [3.05, 3.63) is 69.2 Å². The maximum absolute atomic E-state index is 13.0. The molecule has 1 fully saturated rings. The predicted octanol–water partition coefficient (Wildman–Crippen LogP) is 3.38. The van der Waals surface area contributed by atoms with Crippen molar-refractivity contribution in [2.24, 2.45) is 0 Å². The molecule has 0 radical (unpaired) electrons. The summed E-state index contributed by atoms with van der Waals surface area (Å²) in [4.78, 5) is 38.2. The van der Waals surface area contributed by atoms with E-state index in [1.54, 1.807) is 36.4 Å². The number of anilines is 1. The summed E-state index contributed by atoms with van der Waals surface area (Å²) in [6.45, 7) is 1.85. The third-order valence-electron chi connectivity index (χ3n) is 4.14. The van der Waals surface area contributed by atoms with Crippen LogP contribution in [-0.4, -0.2) is 30.0 Å². The number of methoxy groups -OCH3 is 1. The van der Waals surface area contributed by atoms with Crippen LogP contribution >= 0.6 is 28.1 Å². The zero-order valence-corrected chi connectivity index (χ0v) is 17.4. The summed E-state index contributed by atoms with van der Waals surface area (Å²) in [5, 5.41) is 2.58. The molecule has 1 saturated heterocycles. The number of carbonyl (C=O) groups excluding carboxylic acids is 3. The van der Waals surface area contributed by atoms with Gasteiger partial charge in [-0.25, -0.2) is 4.79 Å². The number of thiocarbonyl (C=S) groups is 1. The number of hydrogen-bond donors (Lipinski definition) is 1. The van der Waals surface area contributed by atoms with Gasteiger partial charge in [-0.05, 0) is 66.7 Å². The monoisotopic (exact) mass is 458 g/mol. The van der Waals surface area contributed by atoms with E-state index in [1.165, 1.54) is 18.1 Å². The van der Waals surface area contributed by atoms with Crippen LogP contribution in [0.4, 0.5) is 5.69 Å². The van der Waals surface area contributed by atoms with Crippen molar-refractivity contribution < 1.29 is 19.1 Å². The van der Waals surface area contributed by atoms with E-state index in [-0.39, 0.29) is 10.7 Å². The highest BCUT2D eigenvalue weighted by Gasteiger charge is 2.35. The highest BCUT2D eigenvalue weighted by atomic mass is 79.9. The van der Waals surface area contributed by atoms with Gasteiger partial charge in [0.25, 0.3) is 11.8 Å². The standard InChI is InChI=1S/C20H15BrN2O4S/c1-11-9-14(21)7-8-16(11)23-18(25)15(17(24)22-20(23)28)10-12-3-5-13(6-4-12)19(26)27-2/h3-10H,1-2H3,(H,22,24,28)/b15-10-. The molecule has 2 aromatic rings. The van der Waals surface area contributed by atoms with Gasteiger partial charge in [0.1, 0.15) is 5.57 Å². The molecule has 6 nitrogen and oxygen atoms in total. The smallest absolute Gasteiger partial charge is 0.337 e. The number of ether oxygens (including phenoxy) is 1. The van der Waals surface area contributed by atoms with Gasteiger partial charge in [-0.2, -0.15) is 0 Å². The van der Waals surface area contributed by atoms with Crippen LogP contribution < -0.4 is 10.2 Å². The number of hydrogen-bond acceptors (Lipinski definition) is 5. The van der Waals surface area contributed by atoms with E-state index in [0.717, 1.165) is 10.0 Å². The van der Waals surface area contributed by atoms with Gasteiger partial charge in [-0.3, -0.25) is 19.8 Å². The van der Waals surface area contributed by atoms with E-state index in [9.17, 15) is 14.4 Å². The summed E-state index contributed by atoms with van der Waals surface area (Å²) in [7, 11) is 1.30. The first-order valence-electron chi connectivity index (χ1n) is 8.18. The third kappa shape index (κ3) is 3.88. The molecule has 0 aromatic heterocycles. The minimum atomic E-state index is -0.571. The lowest BCUT2D eigenvalue weighted by Crippen LogP contribution is -2.54. The van der Waals surface area contributed by atoms with E-state index >= 15 is 0 Å². The van der Waals surface area contributed by atoms with E-state index in [0.29, 0.717) is 16.8 Å². The van der Waals surface area contributed by atoms with Crippen molar-refractivity contribution >= 4 is 62.8 Å². The lowest BCUT2D eigenvalue weighted by molar-refractivity contribution is -0.122. The van der Waals surface area contributed by atoms with Gasteiger partial charge in [-0.15, -0.1) is 0 Å². The van der Waals surface area contributed by atoms with Gasteiger partial charge < -0.3 is 4.74 Å². The predicted molar refractivity (Wildman–Crippen MR) is 113 cm³/mol. The number of nitrogens with zero attached hydrogens (tertiary/aromatic N) is 1. The highest BCUT2D eigenvalue weighted by molar-refractivity contribution is 9.10. The molecule has 3 rings (SSSR count). The van der Waals surface area contributed by atoms with Crippen molar-refractivity contribution in [2.75, 3.05) is 12.0 Å². The highest BCUT2D eigenvalue weighted by Crippen LogP contribution is 2.27. The van der Waals surface area contributed by atoms with Crippen LogP contribution in [0, 0.1) is 6.92 Å². The van der Waals surface area contributed by atoms with Crippen molar-refractivity contribution in [3.63, 3.8) is 0 Å². The fraction of sp³-hybridized carbons (Fsp3) is 0.100. The summed E-state index contributed by atoms with van der Waals surface area (Å²) >= 11 is 8.60. The Morgan fingerprint density at radius 1 is 1.18 bits per heavy atom. The van der Waals surface area contributed by atoms with E-state index in [2.05, 4.69) is 26.0 Å². The van der Waals surface area contributed by atoms with Crippen molar-refractivity contribution in [2.45, 2.75) is 6.92 Å². The normalized spacial score (nSPS) is 15.6. The number of aryl methyl sites for hydroxylation is 1. The van der Waals surface area contributed by atoms with Crippen LogP contribution in [0.3, 0.4) is 0 Å². The second kappa shape index (κ2) is 8.04. The maximum Gasteiger partial charge on any atom is 0.337 e. The molecule has 2 aromatic carbocycles. The molecule has 142 valence electrons. The molecule has 2 amide bonds. The van der Waals surface area contributed by atoms with Crippen LogP contribution in [0.15, 0.2) is 52.5 Å². The van der Waals surface area contributed by atoms with Crippen LogP contribution in [0.1, 0.15) is 21.5 Å². The lowest BCUT2D eigenvalue weighted by Gasteiger charge is -2.30. The van der Waals surface area contributed by atoms with Gasteiger partial charge in [-0.1, -0.05) is 28.1 Å². The van der Waals surface area contributed by atoms with E-state index in [4.69, 9.17) is 12.2 Å². The molecule has 1 aliphatic rings. The average molecular weight is 459 g/mol. The zero-order chi connectivity index (χ0) is 20.4. The van der Waals surface area contributed by atoms with E-state index in [1.807, 2.05) is 13.0 Å². The van der Waals surface area contributed by atoms with Crippen LogP contribution in [0.2, 0.25) is 0 Å². The Labute approximate surface area is 175 Å². The van der Waals surface area contributed by atoms with Crippen LogP contribution in [0.5, 0.6) is 0 Å². The number of nitrogens with one attached hydrogen (secondary N) is 1. The maximum atomic E-state index is 13.0. The SMILES string of the molecule is COC(=O)c1ccc(/C=C2/C(=O)NC(=S)N(c3ccc(Br)cc3C)C2=O)cc1. The summed E-state index contributed by atoms with van der Waals surface area (Å²) in [5.74, 6) is -1.55. The minimum absolute atomic E-state index is 0.0265. The lowest BCUT2D eigenvalue weighted by atomic mass is 10.0. The molecule has 1 heterocycles. The van der Waals surface area contributed by atoms with Gasteiger partial charge in [0.15, 0.2) is 5.11 Å². The Bertz CT molecular complexity index is 1030. The number of halogens is 1. The first-order chi connectivity index (χ1) is 13.3. The Hall–Kier alpha value is -2.84. The molecule has 0 saturated carbocycles. The Morgan fingerprint density at radius 3 is 2.46 bits per heavy atom. The van der Waals surface area contributed by atoms with Crippen molar-refractivity contribution in [3.8, 4) is 0 Å². The molecule has 1 aliphatic heterocycles. The Balaban J connectivity index is 1.97. The quantitative estimate of drug-likeness (QED) is 0.330. The Kier molecular flexibility index (Phi) is 5.71. The van der Waals surface area contributed by atoms with Gasteiger partial charge in [0, 0.05) is 4.47 Å². The molecular formula is C20H15BrN2O4S. The fourth-order valence-electron chi connectivity index (χ4n) is 2.75. The molecular weight excluding hydrogens is 444 g/mol. The fourth-order valence-corrected chi connectivity index (χ4v) is 3.50. The van der Waals surface area contributed by atoms with E-state index < -0.39 is 17.8 Å². The second-order valence-electron chi connectivity index (χ2n) is 6.00.